The fraction of sp³-hybridized carbons (Fsp3) is 0.0811. The van der Waals surface area contributed by atoms with Crippen LogP contribution < -0.4 is 0 Å². The second-order valence-corrected chi connectivity index (χ2v) is 12.1. The molecule has 0 saturated carbocycles. The first-order valence-electron chi connectivity index (χ1n) is 13.7. The van der Waals surface area contributed by atoms with Gasteiger partial charge < -0.3 is 0 Å². The Balaban J connectivity index is 1.36. The lowest BCUT2D eigenvalue weighted by Crippen LogP contribution is -2.17. The summed E-state index contributed by atoms with van der Waals surface area (Å²) in [7, 11) is 0. The Bertz CT molecular complexity index is 2070. The molecule has 2 heterocycles. The molecule has 0 spiro atoms. The van der Waals surface area contributed by atoms with E-state index >= 15 is 0 Å². The number of aromatic nitrogens is 2. The van der Waals surface area contributed by atoms with Crippen molar-refractivity contribution in [2.24, 2.45) is 0 Å². The number of hydrogen-bond donors (Lipinski definition) is 0. The molecule has 5 aromatic carbocycles. The summed E-state index contributed by atoms with van der Waals surface area (Å²) in [4.78, 5) is 10.4. The summed E-state index contributed by atoms with van der Waals surface area (Å²) in [6, 6.07) is 43.2. The lowest BCUT2D eigenvalue weighted by Gasteiger charge is -2.24. The summed E-state index contributed by atoms with van der Waals surface area (Å²) in [5.41, 5.74) is 10.2. The second kappa shape index (κ2) is 8.70. The third-order valence-corrected chi connectivity index (χ3v) is 9.50. The van der Waals surface area contributed by atoms with E-state index in [0.29, 0.717) is 0 Å². The van der Waals surface area contributed by atoms with E-state index in [-0.39, 0.29) is 5.41 Å². The van der Waals surface area contributed by atoms with Gasteiger partial charge in [0.1, 0.15) is 0 Å². The van der Waals surface area contributed by atoms with Crippen molar-refractivity contribution in [2.75, 3.05) is 0 Å². The molecule has 3 heteroatoms. The van der Waals surface area contributed by atoms with Crippen LogP contribution in [0.1, 0.15) is 25.0 Å². The normalized spacial score (nSPS) is 13.4. The van der Waals surface area contributed by atoms with Gasteiger partial charge in [0.2, 0.25) is 0 Å². The number of thiophene rings is 1. The molecule has 1 aliphatic rings. The van der Waals surface area contributed by atoms with Gasteiger partial charge in [-0.15, -0.1) is 11.3 Å². The molecular formula is C37H26N2S. The first-order valence-corrected chi connectivity index (χ1v) is 14.5. The van der Waals surface area contributed by atoms with Gasteiger partial charge in [-0.1, -0.05) is 123 Å². The Hall–Kier alpha value is -4.60. The SMILES string of the molecule is CC1(C)c2cc(-c3cccc4c3sc3ccccc34)ccc2-c2nc(-c3ccccc3)nc(-c3ccccc3)c21. The van der Waals surface area contributed by atoms with Crippen LogP contribution in [0.25, 0.3) is 65.2 Å². The van der Waals surface area contributed by atoms with Crippen LogP contribution in [-0.2, 0) is 5.41 Å². The van der Waals surface area contributed by atoms with Crippen molar-refractivity contribution in [1.29, 1.82) is 0 Å². The fourth-order valence-electron chi connectivity index (χ4n) is 6.31. The van der Waals surface area contributed by atoms with Crippen molar-refractivity contribution in [3.63, 3.8) is 0 Å². The zero-order chi connectivity index (χ0) is 26.8. The van der Waals surface area contributed by atoms with E-state index in [4.69, 9.17) is 9.97 Å². The number of benzene rings is 5. The highest BCUT2D eigenvalue weighted by atomic mass is 32.1. The summed E-state index contributed by atoms with van der Waals surface area (Å²) in [6.45, 7) is 4.64. The molecule has 0 N–H and O–H groups in total. The van der Waals surface area contributed by atoms with Gasteiger partial charge in [0.05, 0.1) is 11.4 Å². The van der Waals surface area contributed by atoms with Crippen LogP contribution in [0.15, 0.2) is 121 Å². The predicted octanol–water partition coefficient (Wildman–Crippen LogP) is 10.2. The average molecular weight is 531 g/mol. The van der Waals surface area contributed by atoms with E-state index in [0.717, 1.165) is 28.3 Å². The van der Waals surface area contributed by atoms with Crippen LogP contribution in [0, 0.1) is 0 Å². The standard InChI is InChI=1S/C37H26N2S/c1-37(2)30-22-25(26-17-11-18-28-27-16-9-10-19-31(27)40-35(26)28)20-21-29(30)34-32(37)33(23-12-5-3-6-13-23)38-36(39-34)24-14-7-4-8-15-24/h3-22H,1-2H3. The Labute approximate surface area is 237 Å². The van der Waals surface area contributed by atoms with Gasteiger partial charge in [0.25, 0.3) is 0 Å². The zero-order valence-corrected chi connectivity index (χ0v) is 23.2. The van der Waals surface area contributed by atoms with E-state index in [1.165, 1.54) is 48.0 Å². The van der Waals surface area contributed by atoms with E-state index in [9.17, 15) is 0 Å². The molecule has 7 aromatic rings. The minimum atomic E-state index is -0.255. The van der Waals surface area contributed by atoms with Crippen molar-refractivity contribution >= 4 is 31.5 Å². The van der Waals surface area contributed by atoms with Crippen molar-refractivity contribution in [1.82, 2.24) is 9.97 Å². The molecular weight excluding hydrogens is 504 g/mol. The van der Waals surface area contributed by atoms with Crippen molar-refractivity contribution < 1.29 is 0 Å². The summed E-state index contributed by atoms with van der Waals surface area (Å²) >= 11 is 1.88. The first kappa shape index (κ1) is 23.3. The molecule has 2 nitrogen and oxygen atoms in total. The molecule has 0 aliphatic heterocycles. The van der Waals surface area contributed by atoms with Crippen LogP contribution >= 0.6 is 11.3 Å². The highest BCUT2D eigenvalue weighted by Gasteiger charge is 2.40. The summed E-state index contributed by atoms with van der Waals surface area (Å²) in [6.07, 6.45) is 0. The minimum Gasteiger partial charge on any atom is -0.228 e. The molecule has 0 amide bonds. The molecule has 8 rings (SSSR count). The molecule has 1 aliphatic carbocycles. The lowest BCUT2D eigenvalue weighted by atomic mass is 9.80. The maximum Gasteiger partial charge on any atom is 0.160 e. The van der Waals surface area contributed by atoms with Gasteiger partial charge in [0, 0.05) is 47.8 Å². The van der Waals surface area contributed by atoms with Crippen molar-refractivity contribution in [3.8, 4) is 45.0 Å². The fourth-order valence-corrected chi connectivity index (χ4v) is 7.55. The Morgan fingerprint density at radius 1 is 0.550 bits per heavy atom. The zero-order valence-electron chi connectivity index (χ0n) is 22.3. The predicted molar refractivity (Wildman–Crippen MR) is 169 cm³/mol. The topological polar surface area (TPSA) is 25.8 Å². The molecule has 40 heavy (non-hydrogen) atoms. The molecule has 0 fully saturated rings. The van der Waals surface area contributed by atoms with Gasteiger partial charge in [-0.2, -0.15) is 0 Å². The lowest BCUT2D eigenvalue weighted by molar-refractivity contribution is 0.658. The smallest absolute Gasteiger partial charge is 0.160 e. The average Bonchev–Trinajstić information content (AvgIpc) is 3.50. The van der Waals surface area contributed by atoms with Crippen LogP contribution in [0.3, 0.4) is 0 Å². The monoisotopic (exact) mass is 530 g/mol. The van der Waals surface area contributed by atoms with Crippen molar-refractivity contribution in [2.45, 2.75) is 19.3 Å². The minimum absolute atomic E-state index is 0.255. The summed E-state index contributed by atoms with van der Waals surface area (Å²) in [5.74, 6) is 0.765. The third-order valence-electron chi connectivity index (χ3n) is 8.28. The van der Waals surface area contributed by atoms with E-state index in [1.54, 1.807) is 0 Å². The van der Waals surface area contributed by atoms with E-state index < -0.39 is 0 Å². The first-order chi connectivity index (χ1) is 19.6. The van der Waals surface area contributed by atoms with Gasteiger partial charge in [-0.3, -0.25) is 0 Å². The Kier molecular flexibility index (Phi) is 5.07. The maximum atomic E-state index is 5.22. The van der Waals surface area contributed by atoms with Crippen LogP contribution in [0.2, 0.25) is 0 Å². The molecule has 2 aromatic heterocycles. The Morgan fingerprint density at radius 2 is 1.23 bits per heavy atom. The maximum absolute atomic E-state index is 5.22. The quantitative estimate of drug-likeness (QED) is 0.227. The molecule has 190 valence electrons. The second-order valence-electron chi connectivity index (χ2n) is 11.0. The van der Waals surface area contributed by atoms with Crippen LogP contribution in [0.4, 0.5) is 0 Å². The van der Waals surface area contributed by atoms with Gasteiger partial charge >= 0.3 is 0 Å². The summed E-state index contributed by atoms with van der Waals surface area (Å²) < 4.78 is 2.67. The van der Waals surface area contributed by atoms with Crippen LogP contribution in [0.5, 0.6) is 0 Å². The van der Waals surface area contributed by atoms with Gasteiger partial charge in [-0.05, 0) is 28.8 Å². The third kappa shape index (κ3) is 3.41. The molecule has 0 radical (unpaired) electrons. The molecule has 0 unspecified atom stereocenters. The van der Waals surface area contributed by atoms with E-state index in [2.05, 4.69) is 117 Å². The van der Waals surface area contributed by atoms with Gasteiger partial charge in [-0.25, -0.2) is 9.97 Å². The molecule has 0 saturated heterocycles. The highest BCUT2D eigenvalue weighted by Crippen LogP contribution is 2.52. The van der Waals surface area contributed by atoms with Crippen LogP contribution in [-0.4, -0.2) is 9.97 Å². The molecule has 0 bridgehead atoms. The largest absolute Gasteiger partial charge is 0.228 e. The van der Waals surface area contributed by atoms with Gasteiger partial charge in [0.15, 0.2) is 5.82 Å². The number of fused-ring (bicyclic) bond motifs is 6. The van der Waals surface area contributed by atoms with Crippen molar-refractivity contribution in [3.05, 3.63) is 132 Å². The summed E-state index contributed by atoms with van der Waals surface area (Å²) in [5, 5.41) is 2.65. The Morgan fingerprint density at radius 3 is 2.02 bits per heavy atom. The highest BCUT2D eigenvalue weighted by molar-refractivity contribution is 7.26. The number of nitrogens with zero attached hydrogens (tertiary/aromatic N) is 2. The number of hydrogen-bond acceptors (Lipinski definition) is 3. The number of rotatable bonds is 3. The molecule has 0 atom stereocenters. The van der Waals surface area contributed by atoms with E-state index in [1.807, 2.05) is 29.5 Å².